The van der Waals surface area contributed by atoms with Crippen LogP contribution in [0.4, 0.5) is 4.39 Å². The molecule has 2 fully saturated rings. The number of amides is 1. The largest absolute Gasteiger partial charge is 0.334 e. The summed E-state index contributed by atoms with van der Waals surface area (Å²) in [6.45, 7) is 8.53. The van der Waals surface area contributed by atoms with Gasteiger partial charge in [0.05, 0.1) is 17.4 Å². The lowest BCUT2D eigenvalue weighted by Gasteiger charge is -2.29. The van der Waals surface area contributed by atoms with E-state index in [9.17, 15) is 17.6 Å². The van der Waals surface area contributed by atoms with Gasteiger partial charge >= 0.3 is 0 Å². The van der Waals surface area contributed by atoms with E-state index in [0.717, 1.165) is 5.56 Å². The SMILES string of the molecule is CC(C)=C[C@@H]1[C@@H](C(=O)N(Cc2ccc(F)cc2)[C@H]2CCS(=O)(=O)C2)C1(C)C. The van der Waals surface area contributed by atoms with Crippen LogP contribution in [0.15, 0.2) is 35.9 Å². The van der Waals surface area contributed by atoms with E-state index in [4.69, 9.17) is 0 Å². The van der Waals surface area contributed by atoms with Crippen LogP contribution < -0.4 is 0 Å². The minimum absolute atomic E-state index is 0.00826. The molecule has 1 aliphatic carbocycles. The Labute approximate surface area is 161 Å². The van der Waals surface area contributed by atoms with Crippen LogP contribution in [0.3, 0.4) is 0 Å². The summed E-state index contributed by atoms with van der Waals surface area (Å²) in [7, 11) is -3.11. The first kappa shape index (κ1) is 20.1. The summed E-state index contributed by atoms with van der Waals surface area (Å²) in [6.07, 6.45) is 2.61. The van der Waals surface area contributed by atoms with Crippen molar-refractivity contribution >= 4 is 15.7 Å². The number of sulfone groups is 1. The summed E-state index contributed by atoms with van der Waals surface area (Å²) in [5.74, 6) is -0.155. The third kappa shape index (κ3) is 4.26. The Morgan fingerprint density at radius 2 is 1.89 bits per heavy atom. The monoisotopic (exact) mass is 393 g/mol. The maximum absolute atomic E-state index is 13.4. The van der Waals surface area contributed by atoms with Crippen LogP contribution in [0.1, 0.15) is 39.7 Å². The van der Waals surface area contributed by atoms with E-state index in [0.29, 0.717) is 13.0 Å². The van der Waals surface area contributed by atoms with Gasteiger partial charge in [-0.25, -0.2) is 12.8 Å². The van der Waals surface area contributed by atoms with Crippen molar-refractivity contribution in [2.75, 3.05) is 11.5 Å². The zero-order chi connectivity index (χ0) is 20.0. The number of halogens is 1. The molecule has 0 bridgehead atoms. The van der Waals surface area contributed by atoms with Gasteiger partial charge in [-0.05, 0) is 49.3 Å². The second kappa shape index (κ2) is 7.04. The quantitative estimate of drug-likeness (QED) is 0.719. The predicted octanol–water partition coefficient (Wildman–Crippen LogP) is 3.58. The van der Waals surface area contributed by atoms with E-state index in [2.05, 4.69) is 19.9 Å². The van der Waals surface area contributed by atoms with E-state index in [1.807, 2.05) is 13.8 Å². The summed E-state index contributed by atoms with van der Waals surface area (Å²) < 4.78 is 37.2. The number of carbonyl (C=O) groups excluding carboxylic acids is 1. The molecule has 0 unspecified atom stereocenters. The highest BCUT2D eigenvalue weighted by molar-refractivity contribution is 7.91. The summed E-state index contributed by atoms with van der Waals surface area (Å²) in [5.41, 5.74) is 1.86. The molecule has 2 aliphatic rings. The minimum Gasteiger partial charge on any atom is -0.334 e. The van der Waals surface area contributed by atoms with E-state index in [1.165, 1.54) is 17.7 Å². The fourth-order valence-corrected chi connectivity index (χ4v) is 5.92. The number of allylic oxidation sites excluding steroid dienone is 2. The summed E-state index contributed by atoms with van der Waals surface area (Å²) in [4.78, 5) is 15.1. The molecule has 1 amide bonds. The van der Waals surface area contributed by atoms with Crippen molar-refractivity contribution in [3.63, 3.8) is 0 Å². The average Bonchev–Trinajstić information content (AvgIpc) is 2.90. The average molecular weight is 394 g/mol. The Morgan fingerprint density at radius 3 is 2.41 bits per heavy atom. The van der Waals surface area contributed by atoms with Crippen molar-refractivity contribution in [1.29, 1.82) is 0 Å². The first-order valence-electron chi connectivity index (χ1n) is 9.41. The van der Waals surface area contributed by atoms with Gasteiger partial charge in [-0.1, -0.05) is 37.6 Å². The molecule has 3 rings (SSSR count). The number of hydrogen-bond donors (Lipinski definition) is 0. The second-order valence-corrected chi connectivity index (χ2v) is 10.9. The number of rotatable bonds is 5. The van der Waals surface area contributed by atoms with E-state index < -0.39 is 9.84 Å². The van der Waals surface area contributed by atoms with Crippen molar-refractivity contribution in [1.82, 2.24) is 4.90 Å². The zero-order valence-electron chi connectivity index (χ0n) is 16.4. The first-order valence-corrected chi connectivity index (χ1v) is 11.2. The van der Waals surface area contributed by atoms with Crippen LogP contribution in [0.25, 0.3) is 0 Å². The summed E-state index contributed by atoms with van der Waals surface area (Å²) in [5, 5.41) is 0. The molecule has 0 radical (unpaired) electrons. The molecule has 0 N–H and O–H groups in total. The van der Waals surface area contributed by atoms with Gasteiger partial charge in [0, 0.05) is 12.6 Å². The molecule has 0 spiro atoms. The van der Waals surface area contributed by atoms with Crippen LogP contribution in [-0.4, -0.2) is 36.8 Å². The van der Waals surface area contributed by atoms with Crippen LogP contribution >= 0.6 is 0 Å². The Morgan fingerprint density at radius 1 is 1.26 bits per heavy atom. The fourth-order valence-electron chi connectivity index (χ4n) is 4.19. The standard InChI is InChI=1S/C21H28FNO3S/c1-14(2)11-18-19(21(18,3)4)20(24)23(17-9-10-27(25,26)13-17)12-15-5-7-16(22)8-6-15/h5-8,11,17-19H,9-10,12-13H2,1-4H3/t17-,18+,19-/m0/s1. The van der Waals surface area contributed by atoms with Gasteiger partial charge < -0.3 is 4.90 Å². The number of nitrogens with zero attached hydrogens (tertiary/aromatic N) is 1. The lowest BCUT2D eigenvalue weighted by Crippen LogP contribution is -2.42. The summed E-state index contributed by atoms with van der Waals surface area (Å²) in [6, 6.07) is 5.75. The van der Waals surface area contributed by atoms with Crippen molar-refractivity contribution in [2.24, 2.45) is 17.3 Å². The molecule has 27 heavy (non-hydrogen) atoms. The van der Waals surface area contributed by atoms with Crippen LogP contribution in [0.5, 0.6) is 0 Å². The van der Waals surface area contributed by atoms with Gasteiger partial charge in [0.1, 0.15) is 5.82 Å². The van der Waals surface area contributed by atoms with Gasteiger partial charge in [0.2, 0.25) is 5.91 Å². The first-order chi connectivity index (χ1) is 12.5. The highest BCUT2D eigenvalue weighted by atomic mass is 32.2. The zero-order valence-corrected chi connectivity index (χ0v) is 17.2. The van der Waals surface area contributed by atoms with E-state index in [1.54, 1.807) is 17.0 Å². The molecule has 1 saturated carbocycles. The Hall–Kier alpha value is -1.69. The van der Waals surface area contributed by atoms with Crippen LogP contribution in [0, 0.1) is 23.1 Å². The highest BCUT2D eigenvalue weighted by Crippen LogP contribution is 2.60. The third-order valence-corrected chi connectivity index (χ3v) is 7.64. The lowest BCUT2D eigenvalue weighted by atomic mass is 10.1. The van der Waals surface area contributed by atoms with Gasteiger partial charge in [-0.15, -0.1) is 0 Å². The molecule has 4 nitrogen and oxygen atoms in total. The Balaban J connectivity index is 1.86. The molecule has 1 heterocycles. The molecular formula is C21H28FNO3S. The van der Waals surface area contributed by atoms with Crippen LogP contribution in [0.2, 0.25) is 0 Å². The van der Waals surface area contributed by atoms with Crippen molar-refractivity contribution in [3.8, 4) is 0 Å². The molecule has 3 atom stereocenters. The smallest absolute Gasteiger partial charge is 0.227 e. The molecule has 1 aromatic carbocycles. The number of benzene rings is 1. The van der Waals surface area contributed by atoms with E-state index >= 15 is 0 Å². The number of carbonyl (C=O) groups is 1. The highest BCUT2D eigenvalue weighted by Gasteiger charge is 2.61. The molecule has 1 saturated heterocycles. The lowest BCUT2D eigenvalue weighted by molar-refractivity contribution is -0.136. The molecule has 1 aromatic rings. The minimum atomic E-state index is -3.11. The molecule has 6 heteroatoms. The van der Waals surface area contributed by atoms with Crippen molar-refractivity contribution < 1.29 is 17.6 Å². The topological polar surface area (TPSA) is 54.5 Å². The predicted molar refractivity (Wildman–Crippen MR) is 104 cm³/mol. The maximum atomic E-state index is 13.4. The van der Waals surface area contributed by atoms with Crippen molar-refractivity contribution in [3.05, 3.63) is 47.3 Å². The van der Waals surface area contributed by atoms with Gasteiger partial charge in [-0.3, -0.25) is 4.79 Å². The third-order valence-electron chi connectivity index (χ3n) is 5.89. The second-order valence-electron chi connectivity index (χ2n) is 8.72. The molecular weight excluding hydrogens is 365 g/mol. The Bertz CT molecular complexity index is 854. The van der Waals surface area contributed by atoms with Gasteiger partial charge in [0.25, 0.3) is 0 Å². The van der Waals surface area contributed by atoms with E-state index in [-0.39, 0.29) is 46.5 Å². The molecule has 0 aromatic heterocycles. The normalized spacial score (nSPS) is 27.8. The van der Waals surface area contributed by atoms with Crippen LogP contribution in [-0.2, 0) is 21.2 Å². The number of hydrogen-bond acceptors (Lipinski definition) is 3. The Kier molecular flexibility index (Phi) is 5.23. The molecule has 148 valence electrons. The maximum Gasteiger partial charge on any atom is 0.227 e. The van der Waals surface area contributed by atoms with Gasteiger partial charge in [0.15, 0.2) is 9.84 Å². The summed E-state index contributed by atoms with van der Waals surface area (Å²) >= 11 is 0. The molecule has 1 aliphatic heterocycles. The van der Waals surface area contributed by atoms with Gasteiger partial charge in [-0.2, -0.15) is 0 Å². The fraction of sp³-hybridized carbons (Fsp3) is 0.571. The van der Waals surface area contributed by atoms with Crippen molar-refractivity contribution in [2.45, 2.75) is 46.7 Å².